The topological polar surface area (TPSA) is 107 Å². The monoisotopic (exact) mass is 494 g/mol. The molecule has 0 saturated heterocycles. The number of amides is 1. The Morgan fingerprint density at radius 3 is 2.78 bits per heavy atom. The molecule has 0 radical (unpaired) electrons. The zero-order chi connectivity index (χ0) is 22.8. The second kappa shape index (κ2) is 8.88. The van der Waals surface area contributed by atoms with Crippen LogP contribution in [0.2, 0.25) is 0 Å². The molecular weight excluding hydrogens is 475 g/mol. The lowest BCUT2D eigenvalue weighted by atomic mass is 10.0. The number of rotatable bonds is 6. The van der Waals surface area contributed by atoms with Gasteiger partial charge in [0.1, 0.15) is 17.0 Å². The van der Waals surface area contributed by atoms with E-state index in [9.17, 15) is 9.18 Å². The molecule has 0 aliphatic rings. The molecule has 162 valence electrons. The van der Waals surface area contributed by atoms with Crippen molar-refractivity contribution in [1.82, 2.24) is 20.3 Å². The van der Waals surface area contributed by atoms with Gasteiger partial charge in [-0.05, 0) is 42.8 Å². The van der Waals surface area contributed by atoms with Crippen LogP contribution in [-0.2, 0) is 0 Å². The third kappa shape index (κ3) is 4.24. The molecule has 0 aliphatic carbocycles. The van der Waals surface area contributed by atoms with Crippen LogP contribution in [0.3, 0.4) is 0 Å². The third-order valence-electron chi connectivity index (χ3n) is 5.10. The first-order valence-electron chi connectivity index (χ1n) is 9.84. The van der Waals surface area contributed by atoms with Gasteiger partial charge < -0.3 is 15.6 Å². The van der Waals surface area contributed by atoms with E-state index in [1.165, 1.54) is 24.4 Å². The summed E-state index contributed by atoms with van der Waals surface area (Å²) in [5.74, 6) is -0.712. The van der Waals surface area contributed by atoms with Gasteiger partial charge in [0.15, 0.2) is 5.65 Å². The minimum absolute atomic E-state index is 0.0683. The third-order valence-corrected chi connectivity index (χ3v) is 5.59. The van der Waals surface area contributed by atoms with Crippen molar-refractivity contribution in [2.45, 2.75) is 13.0 Å². The van der Waals surface area contributed by atoms with Crippen molar-refractivity contribution in [2.24, 2.45) is 0 Å². The number of nitrogens with zero attached hydrogens (tertiary/aromatic N) is 2. The molecule has 0 bridgehead atoms. The lowest BCUT2D eigenvalue weighted by molar-refractivity contribution is 0.0941. The Kier molecular flexibility index (Phi) is 6.00. The van der Waals surface area contributed by atoms with Crippen LogP contribution in [0.15, 0.2) is 59.3 Å². The molecule has 9 heteroatoms. The number of carbonyl (C=O) groups excluding carboxylic acids is 1. The van der Waals surface area contributed by atoms with Crippen LogP contribution >= 0.6 is 15.9 Å². The lowest BCUT2D eigenvalue weighted by Gasteiger charge is -2.14. The minimum Gasteiger partial charge on any atom is -0.387 e. The van der Waals surface area contributed by atoms with Crippen LogP contribution in [-0.4, -0.2) is 33.6 Å². The Hall–Kier alpha value is -3.59. The number of benzene rings is 2. The molecule has 2 aromatic carbocycles. The summed E-state index contributed by atoms with van der Waals surface area (Å²) in [4.78, 5) is 24.7. The standard InChI is InChI=1S/C23H20BrFN6O/c1-12(13-4-3-5-14(24)8-13)30-23(32)17-10-28-22-21(17)31-19(11-29-22)20(26)16-7-6-15(25)9-18(16)27-2/h3-12,26-27H,1-2H3,(H,28,29)(H,30,32)/t12-/m1/s1. The number of hydrogen-bond donors (Lipinski definition) is 4. The van der Waals surface area contributed by atoms with Crippen LogP contribution in [0.4, 0.5) is 10.1 Å². The Balaban J connectivity index is 1.64. The second-order valence-corrected chi connectivity index (χ2v) is 8.14. The van der Waals surface area contributed by atoms with Gasteiger partial charge in [-0.2, -0.15) is 0 Å². The van der Waals surface area contributed by atoms with E-state index in [0.717, 1.165) is 10.0 Å². The molecule has 1 amide bonds. The van der Waals surface area contributed by atoms with Crippen molar-refractivity contribution in [3.63, 3.8) is 0 Å². The van der Waals surface area contributed by atoms with Crippen LogP contribution in [0.25, 0.3) is 11.2 Å². The number of anilines is 1. The fourth-order valence-electron chi connectivity index (χ4n) is 3.40. The summed E-state index contributed by atoms with van der Waals surface area (Å²) in [5.41, 5.74) is 3.37. The molecule has 0 aliphatic heterocycles. The summed E-state index contributed by atoms with van der Waals surface area (Å²) < 4.78 is 14.5. The molecule has 2 heterocycles. The molecule has 7 nitrogen and oxygen atoms in total. The highest BCUT2D eigenvalue weighted by Gasteiger charge is 2.19. The van der Waals surface area contributed by atoms with Crippen molar-refractivity contribution < 1.29 is 9.18 Å². The van der Waals surface area contributed by atoms with E-state index in [4.69, 9.17) is 5.41 Å². The van der Waals surface area contributed by atoms with Crippen molar-refractivity contribution in [2.75, 3.05) is 12.4 Å². The van der Waals surface area contributed by atoms with Crippen LogP contribution < -0.4 is 10.6 Å². The van der Waals surface area contributed by atoms with E-state index >= 15 is 0 Å². The van der Waals surface area contributed by atoms with Crippen molar-refractivity contribution in [3.8, 4) is 0 Å². The normalized spacial score (nSPS) is 11.9. The SMILES string of the molecule is CNc1cc(F)ccc1C(=N)c1cnc2[nH]cc(C(=O)N[C@H](C)c3cccc(Br)c3)c2n1. The molecule has 4 N–H and O–H groups in total. The zero-order valence-corrected chi connectivity index (χ0v) is 18.9. The van der Waals surface area contributed by atoms with E-state index in [1.807, 2.05) is 31.2 Å². The Labute approximate surface area is 192 Å². The summed E-state index contributed by atoms with van der Waals surface area (Å²) >= 11 is 3.44. The Morgan fingerprint density at radius 2 is 2.03 bits per heavy atom. The number of hydrogen-bond acceptors (Lipinski definition) is 5. The molecular formula is C23H20BrFN6O. The van der Waals surface area contributed by atoms with E-state index in [1.54, 1.807) is 13.2 Å². The number of H-pyrrole nitrogens is 1. The first-order valence-corrected chi connectivity index (χ1v) is 10.6. The predicted molar refractivity (Wildman–Crippen MR) is 126 cm³/mol. The summed E-state index contributed by atoms with van der Waals surface area (Å²) in [6.45, 7) is 1.90. The summed E-state index contributed by atoms with van der Waals surface area (Å²) in [6.07, 6.45) is 3.01. The van der Waals surface area contributed by atoms with Gasteiger partial charge in [-0.1, -0.05) is 28.1 Å². The Morgan fingerprint density at radius 1 is 1.22 bits per heavy atom. The number of aromatic amines is 1. The molecule has 32 heavy (non-hydrogen) atoms. The molecule has 0 unspecified atom stereocenters. The van der Waals surface area contributed by atoms with Gasteiger partial charge in [-0.3, -0.25) is 10.2 Å². The van der Waals surface area contributed by atoms with Crippen LogP contribution in [0, 0.1) is 11.2 Å². The van der Waals surface area contributed by atoms with Gasteiger partial charge in [0.05, 0.1) is 23.5 Å². The largest absolute Gasteiger partial charge is 0.387 e. The smallest absolute Gasteiger partial charge is 0.255 e. The zero-order valence-electron chi connectivity index (χ0n) is 17.3. The highest BCUT2D eigenvalue weighted by molar-refractivity contribution is 9.10. The van der Waals surface area contributed by atoms with Gasteiger partial charge in [-0.15, -0.1) is 0 Å². The summed E-state index contributed by atoms with van der Waals surface area (Å²) in [6, 6.07) is 11.6. The number of halogens is 2. The van der Waals surface area contributed by atoms with Crippen molar-refractivity contribution in [3.05, 3.63) is 87.5 Å². The molecule has 4 rings (SSSR count). The van der Waals surface area contributed by atoms with Crippen LogP contribution in [0.5, 0.6) is 0 Å². The number of fused-ring (bicyclic) bond motifs is 1. The maximum atomic E-state index is 13.6. The van der Waals surface area contributed by atoms with Gasteiger partial charge in [0, 0.05) is 29.0 Å². The fourth-order valence-corrected chi connectivity index (χ4v) is 3.81. The van der Waals surface area contributed by atoms with Gasteiger partial charge in [0.2, 0.25) is 0 Å². The highest BCUT2D eigenvalue weighted by atomic mass is 79.9. The van der Waals surface area contributed by atoms with E-state index in [0.29, 0.717) is 28.0 Å². The van der Waals surface area contributed by atoms with Gasteiger partial charge >= 0.3 is 0 Å². The predicted octanol–water partition coefficient (Wildman–Crippen LogP) is 4.81. The van der Waals surface area contributed by atoms with Crippen molar-refractivity contribution >= 4 is 44.4 Å². The second-order valence-electron chi connectivity index (χ2n) is 7.22. The highest BCUT2D eigenvalue weighted by Crippen LogP contribution is 2.23. The first kappa shape index (κ1) is 21.6. The van der Waals surface area contributed by atoms with Gasteiger partial charge in [0.25, 0.3) is 5.91 Å². The molecule has 0 saturated carbocycles. The maximum absolute atomic E-state index is 13.6. The van der Waals surface area contributed by atoms with E-state index in [-0.39, 0.29) is 23.4 Å². The minimum atomic E-state index is -0.406. The van der Waals surface area contributed by atoms with E-state index < -0.39 is 5.82 Å². The lowest BCUT2D eigenvalue weighted by Crippen LogP contribution is -2.26. The average Bonchev–Trinajstić information content (AvgIpc) is 3.22. The Bertz CT molecular complexity index is 1340. The number of aromatic nitrogens is 3. The molecule has 0 spiro atoms. The molecule has 1 atom stereocenters. The summed E-state index contributed by atoms with van der Waals surface area (Å²) in [5, 5.41) is 14.4. The van der Waals surface area contributed by atoms with Gasteiger partial charge in [-0.25, -0.2) is 14.4 Å². The van der Waals surface area contributed by atoms with E-state index in [2.05, 4.69) is 41.5 Å². The van der Waals surface area contributed by atoms with Crippen molar-refractivity contribution in [1.29, 1.82) is 5.41 Å². The first-order chi connectivity index (χ1) is 15.4. The average molecular weight is 495 g/mol. The molecule has 2 aromatic heterocycles. The molecule has 0 fully saturated rings. The van der Waals surface area contributed by atoms with Crippen LogP contribution in [0.1, 0.15) is 40.1 Å². The maximum Gasteiger partial charge on any atom is 0.255 e. The number of nitrogens with one attached hydrogen (secondary N) is 4. The fraction of sp³-hybridized carbons (Fsp3) is 0.130. The quantitative estimate of drug-likeness (QED) is 0.288. The molecule has 4 aromatic rings. The summed E-state index contributed by atoms with van der Waals surface area (Å²) in [7, 11) is 1.65. The number of carbonyl (C=O) groups is 1.